The molecule has 82 valence electrons. The smallest absolute Gasteiger partial charge is 0.122 e. The number of halogens is 1. The topological polar surface area (TPSA) is 9.23 Å². The van der Waals surface area contributed by atoms with Crippen molar-refractivity contribution in [3.05, 3.63) is 29.8 Å². The van der Waals surface area contributed by atoms with E-state index in [1.807, 2.05) is 12.1 Å². The molecule has 0 N–H and O–H groups in total. The van der Waals surface area contributed by atoms with Crippen LogP contribution in [0.25, 0.3) is 0 Å². The monoisotopic (exact) mass is 224 g/mol. The van der Waals surface area contributed by atoms with Gasteiger partial charge in [-0.3, -0.25) is 0 Å². The van der Waals surface area contributed by atoms with E-state index in [1.54, 1.807) is 7.11 Å². The lowest BCUT2D eigenvalue weighted by Crippen LogP contribution is -1.93. The van der Waals surface area contributed by atoms with E-state index < -0.39 is 0 Å². The van der Waals surface area contributed by atoms with Crippen molar-refractivity contribution in [2.24, 2.45) is 11.3 Å². The molecule has 1 aromatic carbocycles. The lowest BCUT2D eigenvalue weighted by molar-refractivity contribution is 0.407. The van der Waals surface area contributed by atoms with E-state index in [2.05, 4.69) is 26.0 Å². The molecule has 0 radical (unpaired) electrons. The number of para-hydroxylation sites is 1. The summed E-state index contributed by atoms with van der Waals surface area (Å²) >= 11 is 5.98. The summed E-state index contributed by atoms with van der Waals surface area (Å²) in [5.41, 5.74) is 1.62. The van der Waals surface area contributed by atoms with Gasteiger partial charge in [0.1, 0.15) is 5.75 Å². The average Bonchev–Trinajstić information content (AvgIpc) is 2.80. The molecule has 1 aliphatic rings. The maximum absolute atomic E-state index is 5.98. The van der Waals surface area contributed by atoms with Crippen molar-refractivity contribution in [1.82, 2.24) is 0 Å². The zero-order chi connectivity index (χ0) is 11.1. The third-order valence-corrected chi connectivity index (χ3v) is 4.02. The van der Waals surface area contributed by atoms with Gasteiger partial charge < -0.3 is 4.74 Å². The Balaban J connectivity index is 2.32. The van der Waals surface area contributed by atoms with Gasteiger partial charge in [0.25, 0.3) is 0 Å². The van der Waals surface area contributed by atoms with Crippen LogP contribution in [0.2, 0.25) is 0 Å². The van der Waals surface area contributed by atoms with Gasteiger partial charge in [-0.15, -0.1) is 11.6 Å². The number of methoxy groups -OCH3 is 1. The number of alkyl halides is 1. The minimum Gasteiger partial charge on any atom is -0.496 e. The Hall–Kier alpha value is -0.690. The first-order valence-corrected chi connectivity index (χ1v) is 5.85. The standard InChI is InChI=1S/C13H17ClO/c1-13(2)10(8-14)12(13)9-6-4-5-7-11(9)15-3/h4-7,10,12H,8H2,1-3H3. The molecular weight excluding hydrogens is 208 g/mol. The van der Waals surface area contributed by atoms with Crippen LogP contribution in [0, 0.1) is 11.3 Å². The zero-order valence-electron chi connectivity index (χ0n) is 9.46. The third-order valence-electron chi connectivity index (χ3n) is 3.69. The van der Waals surface area contributed by atoms with E-state index in [-0.39, 0.29) is 0 Å². The molecule has 0 aliphatic heterocycles. The second-order valence-corrected chi connectivity index (χ2v) is 5.11. The number of benzene rings is 1. The van der Waals surface area contributed by atoms with E-state index in [4.69, 9.17) is 16.3 Å². The van der Waals surface area contributed by atoms with Crippen molar-refractivity contribution in [2.75, 3.05) is 13.0 Å². The molecule has 0 spiro atoms. The Kier molecular flexibility index (Phi) is 2.68. The van der Waals surface area contributed by atoms with E-state index in [9.17, 15) is 0 Å². The SMILES string of the molecule is COc1ccccc1C1C(CCl)C1(C)C. The highest BCUT2D eigenvalue weighted by Crippen LogP contribution is 2.65. The third kappa shape index (κ3) is 1.63. The highest BCUT2D eigenvalue weighted by molar-refractivity contribution is 6.18. The molecule has 2 rings (SSSR count). The van der Waals surface area contributed by atoms with Crippen LogP contribution in [-0.2, 0) is 0 Å². The minimum absolute atomic E-state index is 0.316. The zero-order valence-corrected chi connectivity index (χ0v) is 10.2. The van der Waals surface area contributed by atoms with Crippen molar-refractivity contribution >= 4 is 11.6 Å². The molecule has 0 aromatic heterocycles. The fourth-order valence-corrected chi connectivity index (χ4v) is 3.15. The number of hydrogen-bond donors (Lipinski definition) is 0. The molecule has 1 aliphatic carbocycles. The summed E-state index contributed by atoms with van der Waals surface area (Å²) in [5.74, 6) is 2.85. The van der Waals surface area contributed by atoms with E-state index >= 15 is 0 Å². The molecule has 0 bridgehead atoms. The van der Waals surface area contributed by atoms with Crippen LogP contribution in [0.4, 0.5) is 0 Å². The summed E-state index contributed by atoms with van der Waals surface area (Å²) in [6.45, 7) is 4.55. The van der Waals surface area contributed by atoms with Crippen molar-refractivity contribution in [2.45, 2.75) is 19.8 Å². The summed E-state index contributed by atoms with van der Waals surface area (Å²) < 4.78 is 5.39. The first-order valence-electron chi connectivity index (χ1n) is 5.31. The average molecular weight is 225 g/mol. The first kappa shape index (κ1) is 10.8. The van der Waals surface area contributed by atoms with Crippen molar-refractivity contribution in [3.63, 3.8) is 0 Å². The normalized spacial score (nSPS) is 27.5. The van der Waals surface area contributed by atoms with Gasteiger partial charge in [-0.05, 0) is 28.9 Å². The molecule has 0 saturated heterocycles. The van der Waals surface area contributed by atoms with Crippen molar-refractivity contribution in [1.29, 1.82) is 0 Å². The second-order valence-electron chi connectivity index (χ2n) is 4.80. The molecule has 0 amide bonds. The van der Waals surface area contributed by atoms with Crippen LogP contribution >= 0.6 is 11.6 Å². The summed E-state index contributed by atoms with van der Waals surface area (Å²) in [7, 11) is 1.73. The Bertz CT molecular complexity index is 359. The molecule has 2 unspecified atom stereocenters. The number of rotatable bonds is 3. The van der Waals surface area contributed by atoms with Gasteiger partial charge >= 0.3 is 0 Å². The summed E-state index contributed by atoms with van der Waals surface area (Å²) in [5, 5.41) is 0. The van der Waals surface area contributed by atoms with E-state index in [0.29, 0.717) is 17.3 Å². The van der Waals surface area contributed by atoms with Crippen molar-refractivity contribution in [3.8, 4) is 5.75 Å². The maximum Gasteiger partial charge on any atom is 0.122 e. The Morgan fingerprint density at radius 1 is 1.33 bits per heavy atom. The molecule has 1 nitrogen and oxygen atoms in total. The quantitative estimate of drug-likeness (QED) is 0.712. The maximum atomic E-state index is 5.98. The lowest BCUT2D eigenvalue weighted by Gasteiger charge is -2.08. The van der Waals surface area contributed by atoms with Crippen LogP contribution in [0.5, 0.6) is 5.75 Å². The van der Waals surface area contributed by atoms with Gasteiger partial charge in [-0.2, -0.15) is 0 Å². The van der Waals surface area contributed by atoms with Crippen molar-refractivity contribution < 1.29 is 4.74 Å². The molecule has 15 heavy (non-hydrogen) atoms. The molecule has 2 heteroatoms. The Morgan fingerprint density at radius 3 is 2.53 bits per heavy atom. The van der Waals surface area contributed by atoms with Crippen LogP contribution < -0.4 is 4.74 Å². The predicted octanol–water partition coefficient (Wildman–Crippen LogP) is 3.67. The first-order chi connectivity index (χ1) is 7.12. The van der Waals surface area contributed by atoms with Gasteiger partial charge in [-0.25, -0.2) is 0 Å². The second kappa shape index (κ2) is 3.71. The molecule has 2 atom stereocenters. The number of ether oxygens (including phenoxy) is 1. The predicted molar refractivity (Wildman–Crippen MR) is 63.7 cm³/mol. The van der Waals surface area contributed by atoms with Crippen LogP contribution in [0.3, 0.4) is 0 Å². The summed E-state index contributed by atoms with van der Waals surface area (Å²) in [6, 6.07) is 8.25. The fraction of sp³-hybridized carbons (Fsp3) is 0.538. The molecular formula is C13H17ClO. The van der Waals surface area contributed by atoms with E-state index in [0.717, 1.165) is 11.6 Å². The fourth-order valence-electron chi connectivity index (χ4n) is 2.57. The molecule has 1 saturated carbocycles. The molecule has 1 fully saturated rings. The van der Waals surface area contributed by atoms with Gasteiger partial charge in [0.2, 0.25) is 0 Å². The number of hydrogen-bond acceptors (Lipinski definition) is 1. The highest BCUT2D eigenvalue weighted by Gasteiger charge is 2.58. The largest absolute Gasteiger partial charge is 0.496 e. The molecule has 1 aromatic rings. The van der Waals surface area contributed by atoms with Crippen LogP contribution in [0.1, 0.15) is 25.3 Å². The van der Waals surface area contributed by atoms with Gasteiger partial charge in [0.15, 0.2) is 0 Å². The highest BCUT2D eigenvalue weighted by atomic mass is 35.5. The minimum atomic E-state index is 0.316. The Labute approximate surface area is 96.4 Å². The van der Waals surface area contributed by atoms with Gasteiger partial charge in [0.05, 0.1) is 7.11 Å². The summed E-state index contributed by atoms with van der Waals surface area (Å²) in [6.07, 6.45) is 0. The van der Waals surface area contributed by atoms with Crippen LogP contribution in [-0.4, -0.2) is 13.0 Å². The van der Waals surface area contributed by atoms with Gasteiger partial charge in [0, 0.05) is 5.88 Å². The Morgan fingerprint density at radius 2 is 2.00 bits per heavy atom. The molecule has 0 heterocycles. The summed E-state index contributed by atoms with van der Waals surface area (Å²) in [4.78, 5) is 0. The lowest BCUT2D eigenvalue weighted by atomic mass is 10.0. The van der Waals surface area contributed by atoms with E-state index in [1.165, 1.54) is 5.56 Å². The van der Waals surface area contributed by atoms with Gasteiger partial charge in [-0.1, -0.05) is 32.0 Å². The van der Waals surface area contributed by atoms with Crippen LogP contribution in [0.15, 0.2) is 24.3 Å².